The van der Waals surface area contributed by atoms with Crippen LogP contribution >= 0.6 is 0 Å². The van der Waals surface area contributed by atoms with Gasteiger partial charge in [0.1, 0.15) is 5.67 Å². The number of hydrogen-bond donors (Lipinski definition) is 0. The van der Waals surface area contributed by atoms with Crippen LogP contribution in [-0.4, -0.2) is 47.7 Å². The van der Waals surface area contributed by atoms with Crippen molar-refractivity contribution in [2.24, 2.45) is 5.92 Å². The minimum absolute atomic E-state index is 0.650. The van der Waals surface area contributed by atoms with Crippen LogP contribution < -0.4 is 0 Å². The average molecular weight is 475 g/mol. The molecule has 3 aliphatic rings. The van der Waals surface area contributed by atoms with Gasteiger partial charge in [-0.3, -0.25) is 0 Å². The minimum Gasteiger partial charge on any atom is -0.369 e. The molecule has 0 N–H and O–H groups in total. The van der Waals surface area contributed by atoms with Crippen LogP contribution in [0.3, 0.4) is 0 Å². The molecule has 3 heteroatoms. The number of aryl methyl sites for hydroxylation is 1. The molecule has 2 aromatic rings. The lowest BCUT2D eigenvalue weighted by atomic mass is 9.81. The number of nitrogens with zero attached hydrogens (tertiary/aromatic N) is 2. The first kappa shape index (κ1) is 24.6. The summed E-state index contributed by atoms with van der Waals surface area (Å²) in [7, 11) is 0. The molecule has 1 atom stereocenters. The summed E-state index contributed by atoms with van der Waals surface area (Å²) in [5, 5.41) is 0. The second kappa shape index (κ2) is 10.9. The quantitative estimate of drug-likeness (QED) is 0.367. The largest absolute Gasteiger partial charge is 0.369 e. The summed E-state index contributed by atoms with van der Waals surface area (Å²) in [5.41, 5.74) is 5.53. The number of benzene rings is 2. The van der Waals surface area contributed by atoms with Crippen LogP contribution in [0.15, 0.2) is 55.1 Å². The number of halogens is 1. The van der Waals surface area contributed by atoms with Gasteiger partial charge < -0.3 is 9.80 Å². The Bertz CT molecular complexity index is 968. The van der Waals surface area contributed by atoms with Crippen molar-refractivity contribution < 1.29 is 4.39 Å². The molecule has 1 saturated carbocycles. The first-order valence-corrected chi connectivity index (χ1v) is 14.1. The van der Waals surface area contributed by atoms with Crippen molar-refractivity contribution >= 4 is 5.70 Å². The van der Waals surface area contributed by atoms with Gasteiger partial charge in [-0.2, -0.15) is 0 Å². The van der Waals surface area contributed by atoms with Crippen LogP contribution in [0.25, 0.3) is 16.8 Å². The second-order valence-corrected chi connectivity index (χ2v) is 11.4. The molecule has 0 radical (unpaired) electrons. The van der Waals surface area contributed by atoms with E-state index in [-0.39, 0.29) is 0 Å². The predicted molar refractivity (Wildman–Crippen MR) is 146 cm³/mol. The molecule has 2 heterocycles. The van der Waals surface area contributed by atoms with Gasteiger partial charge in [0.15, 0.2) is 0 Å². The molecule has 35 heavy (non-hydrogen) atoms. The van der Waals surface area contributed by atoms with E-state index in [2.05, 4.69) is 71.8 Å². The van der Waals surface area contributed by atoms with Crippen LogP contribution in [0.4, 0.5) is 4.39 Å². The first-order valence-electron chi connectivity index (χ1n) is 14.1. The SMILES string of the molecule is C=C(c1ccc(-c2ccc(CCC3CCN(CC4(F)CCC4)CC3)cc2)cc1)N1CCCC1CC. The van der Waals surface area contributed by atoms with Crippen LogP contribution in [0.2, 0.25) is 0 Å². The van der Waals surface area contributed by atoms with Gasteiger partial charge in [0.2, 0.25) is 0 Å². The standard InChI is InChI=1S/C32H43FN2/c1-3-31-6-4-21-35(31)25(2)28-13-15-30(16-14-28)29-11-9-26(10-12-29)7-8-27-17-22-34(23-18-27)24-32(33)19-5-20-32/h9-16,27,31H,2-8,17-24H2,1H3. The first-order chi connectivity index (χ1) is 17.0. The highest BCUT2D eigenvalue weighted by Gasteiger charge is 2.39. The maximum atomic E-state index is 14.4. The third kappa shape index (κ3) is 5.82. The molecule has 1 aliphatic carbocycles. The van der Waals surface area contributed by atoms with E-state index in [0.717, 1.165) is 51.2 Å². The van der Waals surface area contributed by atoms with Gasteiger partial charge in [-0.15, -0.1) is 0 Å². The molecule has 2 nitrogen and oxygen atoms in total. The van der Waals surface area contributed by atoms with Gasteiger partial charge in [0, 0.05) is 24.8 Å². The number of piperidine rings is 1. The molecule has 2 saturated heterocycles. The predicted octanol–water partition coefficient (Wildman–Crippen LogP) is 7.74. The third-order valence-electron chi connectivity index (χ3n) is 9.01. The van der Waals surface area contributed by atoms with Crippen molar-refractivity contribution in [1.29, 1.82) is 0 Å². The van der Waals surface area contributed by atoms with E-state index < -0.39 is 5.67 Å². The summed E-state index contributed by atoms with van der Waals surface area (Å²) >= 11 is 0. The highest BCUT2D eigenvalue weighted by Crippen LogP contribution is 2.37. The zero-order chi connectivity index (χ0) is 24.3. The van der Waals surface area contributed by atoms with Crippen molar-refractivity contribution in [3.63, 3.8) is 0 Å². The topological polar surface area (TPSA) is 6.48 Å². The summed E-state index contributed by atoms with van der Waals surface area (Å²) in [6, 6.07) is 18.8. The van der Waals surface area contributed by atoms with Crippen LogP contribution in [0.5, 0.6) is 0 Å². The molecule has 0 amide bonds. The third-order valence-corrected chi connectivity index (χ3v) is 9.01. The minimum atomic E-state index is -0.866. The molecule has 5 rings (SSSR count). The van der Waals surface area contributed by atoms with Gasteiger partial charge in [-0.1, -0.05) is 62.0 Å². The van der Waals surface area contributed by atoms with Gasteiger partial charge in [0.25, 0.3) is 0 Å². The Morgan fingerprint density at radius 1 is 0.914 bits per heavy atom. The Labute approximate surface area is 212 Å². The molecule has 2 aromatic carbocycles. The smallest absolute Gasteiger partial charge is 0.123 e. The van der Waals surface area contributed by atoms with Crippen molar-refractivity contribution in [3.8, 4) is 11.1 Å². The highest BCUT2D eigenvalue weighted by molar-refractivity contribution is 5.69. The van der Waals surface area contributed by atoms with Crippen molar-refractivity contribution in [3.05, 3.63) is 66.2 Å². The summed E-state index contributed by atoms with van der Waals surface area (Å²) in [6.07, 6.45) is 11.2. The number of likely N-dealkylation sites (tertiary alicyclic amines) is 2. The van der Waals surface area contributed by atoms with Gasteiger partial charge in [-0.25, -0.2) is 4.39 Å². The van der Waals surface area contributed by atoms with E-state index in [0.29, 0.717) is 12.6 Å². The highest BCUT2D eigenvalue weighted by atomic mass is 19.1. The Balaban J connectivity index is 1.09. The fourth-order valence-corrected chi connectivity index (χ4v) is 6.42. The van der Waals surface area contributed by atoms with E-state index in [9.17, 15) is 4.39 Å². The summed E-state index contributed by atoms with van der Waals surface area (Å²) in [6.45, 7) is 10.7. The summed E-state index contributed by atoms with van der Waals surface area (Å²) in [4.78, 5) is 4.87. The fourth-order valence-electron chi connectivity index (χ4n) is 6.42. The molecule has 188 valence electrons. The number of hydrogen-bond acceptors (Lipinski definition) is 2. The maximum absolute atomic E-state index is 14.4. The maximum Gasteiger partial charge on any atom is 0.123 e. The fraction of sp³-hybridized carbons (Fsp3) is 0.562. The molecule has 2 aliphatic heterocycles. The lowest BCUT2D eigenvalue weighted by Gasteiger charge is -2.41. The van der Waals surface area contributed by atoms with Crippen LogP contribution in [-0.2, 0) is 6.42 Å². The van der Waals surface area contributed by atoms with E-state index in [4.69, 9.17) is 0 Å². The van der Waals surface area contributed by atoms with E-state index >= 15 is 0 Å². The van der Waals surface area contributed by atoms with E-state index in [1.807, 2.05) is 0 Å². The Morgan fingerprint density at radius 3 is 2.17 bits per heavy atom. The average Bonchev–Trinajstić information content (AvgIpc) is 3.36. The molecule has 1 unspecified atom stereocenters. The molecular weight excluding hydrogens is 431 g/mol. The van der Waals surface area contributed by atoms with E-state index in [1.165, 1.54) is 66.5 Å². The van der Waals surface area contributed by atoms with Crippen molar-refractivity contribution in [2.75, 3.05) is 26.2 Å². The van der Waals surface area contributed by atoms with Gasteiger partial charge in [0.05, 0.1) is 0 Å². The van der Waals surface area contributed by atoms with Crippen molar-refractivity contribution in [1.82, 2.24) is 9.80 Å². The molecule has 0 bridgehead atoms. The Hall–Kier alpha value is -2.13. The zero-order valence-corrected chi connectivity index (χ0v) is 21.7. The molecular formula is C32H43FN2. The molecule has 0 aromatic heterocycles. The van der Waals surface area contributed by atoms with Gasteiger partial charge >= 0.3 is 0 Å². The summed E-state index contributed by atoms with van der Waals surface area (Å²) < 4.78 is 14.4. The van der Waals surface area contributed by atoms with Crippen molar-refractivity contribution in [2.45, 2.75) is 82.8 Å². The summed E-state index contributed by atoms with van der Waals surface area (Å²) in [5.74, 6) is 0.784. The second-order valence-electron chi connectivity index (χ2n) is 11.4. The zero-order valence-electron chi connectivity index (χ0n) is 21.7. The number of rotatable bonds is 9. The van der Waals surface area contributed by atoms with Crippen LogP contribution in [0.1, 0.15) is 75.8 Å². The lowest BCUT2D eigenvalue weighted by Crippen LogP contribution is -2.47. The lowest BCUT2D eigenvalue weighted by molar-refractivity contribution is 0.00965. The monoisotopic (exact) mass is 474 g/mol. The number of alkyl halides is 1. The van der Waals surface area contributed by atoms with Crippen LogP contribution in [0, 0.1) is 5.92 Å². The van der Waals surface area contributed by atoms with Gasteiger partial charge in [-0.05, 0) is 105 Å². The molecule has 3 fully saturated rings. The molecule has 0 spiro atoms. The normalized spacial score (nSPS) is 22.8. The Kier molecular flexibility index (Phi) is 7.62. The van der Waals surface area contributed by atoms with E-state index in [1.54, 1.807) is 0 Å². The Morgan fingerprint density at radius 2 is 1.57 bits per heavy atom.